The maximum atomic E-state index is 13.0. The van der Waals surface area contributed by atoms with E-state index in [4.69, 9.17) is 4.74 Å². The number of carbonyl (C=O) groups excluding carboxylic acids is 1. The lowest BCUT2D eigenvalue weighted by atomic mass is 10.1. The maximum absolute atomic E-state index is 13.0. The van der Waals surface area contributed by atoms with Crippen LogP contribution in [-0.2, 0) is 16.1 Å². The van der Waals surface area contributed by atoms with Crippen molar-refractivity contribution in [1.82, 2.24) is 14.9 Å². The number of hydrogen-bond acceptors (Lipinski definition) is 4. The van der Waals surface area contributed by atoms with Gasteiger partial charge in [-0.25, -0.2) is 14.2 Å². The van der Waals surface area contributed by atoms with E-state index in [0.29, 0.717) is 12.1 Å². The Morgan fingerprint density at radius 2 is 2.19 bits per heavy atom. The molecule has 1 N–H and O–H groups in total. The lowest BCUT2D eigenvalue weighted by molar-refractivity contribution is -0.143. The molecule has 0 fully saturated rings. The maximum Gasteiger partial charge on any atom is 0.327 e. The molecule has 1 aromatic carbocycles. The van der Waals surface area contributed by atoms with Gasteiger partial charge in [-0.1, -0.05) is 12.1 Å². The highest BCUT2D eigenvalue weighted by molar-refractivity contribution is 5.77. The van der Waals surface area contributed by atoms with E-state index in [1.54, 1.807) is 24.7 Å². The number of imidazole rings is 1. The summed E-state index contributed by atoms with van der Waals surface area (Å²) in [4.78, 5) is 15.8. The number of halogens is 1. The SMILES string of the molecule is COC(=O)C(NCCCn1ccnc1)c1ccc(F)cc1. The van der Waals surface area contributed by atoms with Crippen molar-refractivity contribution in [3.63, 3.8) is 0 Å². The number of carbonyl (C=O) groups is 1. The summed E-state index contributed by atoms with van der Waals surface area (Å²) in [5, 5.41) is 3.14. The molecule has 0 aliphatic heterocycles. The van der Waals surface area contributed by atoms with Gasteiger partial charge in [-0.2, -0.15) is 0 Å². The molecule has 1 aromatic heterocycles. The molecule has 21 heavy (non-hydrogen) atoms. The van der Waals surface area contributed by atoms with Crippen LogP contribution in [-0.4, -0.2) is 29.2 Å². The average Bonchev–Trinajstić information content (AvgIpc) is 3.01. The summed E-state index contributed by atoms with van der Waals surface area (Å²) in [5.41, 5.74) is 0.686. The third-order valence-corrected chi connectivity index (χ3v) is 3.14. The van der Waals surface area contributed by atoms with E-state index in [2.05, 4.69) is 10.3 Å². The van der Waals surface area contributed by atoms with E-state index in [1.165, 1.54) is 19.2 Å². The van der Waals surface area contributed by atoms with E-state index in [1.807, 2.05) is 10.8 Å². The van der Waals surface area contributed by atoms with Crippen molar-refractivity contribution in [2.75, 3.05) is 13.7 Å². The summed E-state index contributed by atoms with van der Waals surface area (Å²) in [6.07, 6.45) is 6.20. The molecule has 6 heteroatoms. The second kappa shape index (κ2) is 7.54. The van der Waals surface area contributed by atoms with Crippen LogP contribution in [0.15, 0.2) is 43.0 Å². The Bertz CT molecular complexity index is 555. The first kappa shape index (κ1) is 15.2. The van der Waals surface area contributed by atoms with Crippen molar-refractivity contribution >= 4 is 5.97 Å². The molecule has 0 saturated carbocycles. The fourth-order valence-electron chi connectivity index (χ4n) is 2.04. The van der Waals surface area contributed by atoms with Crippen molar-refractivity contribution in [2.45, 2.75) is 19.0 Å². The first-order valence-electron chi connectivity index (χ1n) is 6.73. The summed E-state index contributed by atoms with van der Waals surface area (Å²) in [5.74, 6) is -0.716. The topological polar surface area (TPSA) is 56.1 Å². The summed E-state index contributed by atoms with van der Waals surface area (Å²) in [7, 11) is 1.34. The zero-order valence-electron chi connectivity index (χ0n) is 11.8. The number of ether oxygens (including phenoxy) is 1. The molecular weight excluding hydrogens is 273 g/mol. The third kappa shape index (κ3) is 4.39. The predicted octanol–water partition coefficient (Wildman–Crippen LogP) is 1.92. The van der Waals surface area contributed by atoms with Gasteiger partial charge in [-0.15, -0.1) is 0 Å². The zero-order valence-corrected chi connectivity index (χ0v) is 11.8. The van der Waals surface area contributed by atoms with Crippen molar-refractivity contribution in [1.29, 1.82) is 0 Å². The molecule has 0 aliphatic carbocycles. The normalized spacial score (nSPS) is 12.1. The quantitative estimate of drug-likeness (QED) is 0.625. The Morgan fingerprint density at radius 3 is 2.81 bits per heavy atom. The van der Waals surface area contributed by atoms with Crippen LogP contribution in [0.25, 0.3) is 0 Å². The van der Waals surface area contributed by atoms with Crippen molar-refractivity contribution in [3.8, 4) is 0 Å². The van der Waals surface area contributed by atoms with Gasteiger partial charge in [0.25, 0.3) is 0 Å². The van der Waals surface area contributed by atoms with E-state index < -0.39 is 6.04 Å². The number of nitrogens with zero attached hydrogens (tertiary/aromatic N) is 2. The number of aryl methyl sites for hydroxylation is 1. The smallest absolute Gasteiger partial charge is 0.327 e. The average molecular weight is 291 g/mol. The number of hydrogen-bond donors (Lipinski definition) is 1. The Labute approximate surface area is 122 Å². The van der Waals surface area contributed by atoms with Crippen LogP contribution in [0.3, 0.4) is 0 Å². The van der Waals surface area contributed by atoms with Crippen LogP contribution >= 0.6 is 0 Å². The van der Waals surface area contributed by atoms with Gasteiger partial charge in [0, 0.05) is 18.9 Å². The van der Waals surface area contributed by atoms with Gasteiger partial charge in [-0.3, -0.25) is 0 Å². The molecule has 0 spiro atoms. The Morgan fingerprint density at radius 1 is 1.43 bits per heavy atom. The largest absolute Gasteiger partial charge is 0.468 e. The van der Waals surface area contributed by atoms with Crippen LogP contribution < -0.4 is 5.32 Å². The summed E-state index contributed by atoms with van der Waals surface area (Å²) in [6, 6.07) is 5.24. The summed E-state index contributed by atoms with van der Waals surface area (Å²) >= 11 is 0. The summed E-state index contributed by atoms with van der Waals surface area (Å²) < 4.78 is 19.7. The lowest BCUT2D eigenvalue weighted by Gasteiger charge is -2.17. The number of nitrogens with one attached hydrogen (secondary N) is 1. The Kier molecular flexibility index (Phi) is 5.45. The van der Waals surface area contributed by atoms with Gasteiger partial charge in [0.05, 0.1) is 13.4 Å². The van der Waals surface area contributed by atoms with Crippen LogP contribution in [0, 0.1) is 5.82 Å². The zero-order chi connectivity index (χ0) is 15.1. The van der Waals surface area contributed by atoms with Gasteiger partial charge >= 0.3 is 5.97 Å². The van der Waals surface area contributed by atoms with Gasteiger partial charge in [0.2, 0.25) is 0 Å². The first-order valence-corrected chi connectivity index (χ1v) is 6.73. The first-order chi connectivity index (χ1) is 10.2. The van der Waals surface area contributed by atoms with Crippen LogP contribution in [0.2, 0.25) is 0 Å². The molecule has 1 unspecified atom stereocenters. The number of aromatic nitrogens is 2. The second-order valence-corrected chi connectivity index (χ2v) is 4.62. The number of benzene rings is 1. The molecule has 2 rings (SSSR count). The number of methoxy groups -OCH3 is 1. The van der Waals surface area contributed by atoms with Crippen LogP contribution in [0.1, 0.15) is 18.0 Å². The van der Waals surface area contributed by atoms with Crippen molar-refractivity contribution in [3.05, 3.63) is 54.4 Å². The highest BCUT2D eigenvalue weighted by Crippen LogP contribution is 2.15. The van der Waals surface area contributed by atoms with Crippen LogP contribution in [0.4, 0.5) is 4.39 Å². The second-order valence-electron chi connectivity index (χ2n) is 4.62. The monoisotopic (exact) mass is 291 g/mol. The fourth-order valence-corrected chi connectivity index (χ4v) is 2.04. The van der Waals surface area contributed by atoms with Gasteiger partial charge in [0.15, 0.2) is 0 Å². The fraction of sp³-hybridized carbons (Fsp3) is 0.333. The van der Waals surface area contributed by atoms with Crippen LogP contribution in [0.5, 0.6) is 0 Å². The molecule has 1 atom stereocenters. The van der Waals surface area contributed by atoms with Gasteiger partial charge in [0.1, 0.15) is 11.9 Å². The molecule has 0 radical (unpaired) electrons. The standard InChI is InChI=1S/C15H18FN3O2/c1-21-15(20)14(12-3-5-13(16)6-4-12)18-7-2-9-19-10-8-17-11-19/h3-6,8,10-11,14,18H,2,7,9H2,1H3. The Balaban J connectivity index is 1.90. The number of esters is 1. The van der Waals surface area contributed by atoms with E-state index in [9.17, 15) is 9.18 Å². The van der Waals surface area contributed by atoms with E-state index >= 15 is 0 Å². The highest BCUT2D eigenvalue weighted by atomic mass is 19.1. The molecular formula is C15H18FN3O2. The summed E-state index contributed by atoms with van der Waals surface area (Å²) in [6.45, 7) is 1.44. The molecule has 0 bridgehead atoms. The van der Waals surface area contributed by atoms with E-state index in [-0.39, 0.29) is 11.8 Å². The number of rotatable bonds is 7. The molecule has 0 saturated heterocycles. The van der Waals surface area contributed by atoms with Gasteiger partial charge < -0.3 is 14.6 Å². The predicted molar refractivity (Wildman–Crippen MR) is 76.0 cm³/mol. The minimum absolute atomic E-state index is 0.331. The van der Waals surface area contributed by atoms with Crippen molar-refractivity contribution < 1.29 is 13.9 Å². The van der Waals surface area contributed by atoms with Crippen molar-refractivity contribution in [2.24, 2.45) is 0 Å². The molecule has 0 aliphatic rings. The minimum Gasteiger partial charge on any atom is -0.468 e. The molecule has 1 heterocycles. The Hall–Kier alpha value is -2.21. The molecule has 5 nitrogen and oxygen atoms in total. The molecule has 0 amide bonds. The van der Waals surface area contributed by atoms with E-state index in [0.717, 1.165) is 13.0 Å². The highest BCUT2D eigenvalue weighted by Gasteiger charge is 2.20. The third-order valence-electron chi connectivity index (χ3n) is 3.14. The minimum atomic E-state index is -0.585. The lowest BCUT2D eigenvalue weighted by Crippen LogP contribution is -2.30. The molecule has 112 valence electrons. The molecule has 2 aromatic rings. The van der Waals surface area contributed by atoms with Gasteiger partial charge in [-0.05, 0) is 30.7 Å².